The van der Waals surface area contributed by atoms with Crippen molar-refractivity contribution in [2.45, 2.75) is 0 Å². The molecule has 0 heterocycles. The van der Waals surface area contributed by atoms with E-state index in [1.807, 2.05) is 6.08 Å². The molecule has 0 aromatic heterocycles. The van der Waals surface area contributed by atoms with Crippen LogP contribution >= 0.6 is 0 Å². The van der Waals surface area contributed by atoms with Crippen molar-refractivity contribution in [3.63, 3.8) is 0 Å². The molecule has 0 saturated carbocycles. The minimum absolute atomic E-state index is 0.0335. The number of carbonyl (C=O) groups is 1. The summed E-state index contributed by atoms with van der Waals surface area (Å²) in [6.07, 6.45) is 0.550. The highest BCUT2D eigenvalue weighted by atomic mass is 16.7. The normalized spacial score (nSPS) is 9.87. The zero-order chi connectivity index (χ0) is 11.4. The summed E-state index contributed by atoms with van der Waals surface area (Å²) in [6, 6.07) is 0. The van der Waals surface area contributed by atoms with E-state index in [4.69, 9.17) is 5.11 Å². The lowest BCUT2D eigenvalue weighted by atomic mass is 10.5. The van der Waals surface area contributed by atoms with Gasteiger partial charge >= 0.3 is 6.16 Å². The highest BCUT2D eigenvalue weighted by Gasteiger charge is 1.93. The van der Waals surface area contributed by atoms with E-state index < -0.39 is 6.16 Å². The predicted molar refractivity (Wildman–Crippen MR) is 57.9 cm³/mol. The summed E-state index contributed by atoms with van der Waals surface area (Å²) in [7, 11) is 0. The van der Waals surface area contributed by atoms with E-state index in [0.717, 1.165) is 26.2 Å². The van der Waals surface area contributed by atoms with Crippen LogP contribution < -0.4 is 16.0 Å². The smallest absolute Gasteiger partial charge is 0.450 e. The summed E-state index contributed by atoms with van der Waals surface area (Å²) in [5.41, 5.74) is 0. The van der Waals surface area contributed by atoms with Crippen LogP contribution in [0.3, 0.4) is 0 Å². The van der Waals surface area contributed by atoms with Crippen molar-refractivity contribution < 1.29 is 14.6 Å². The largest absolute Gasteiger partial charge is 0.507 e. The van der Waals surface area contributed by atoms with E-state index in [1.54, 1.807) is 0 Å². The summed E-state index contributed by atoms with van der Waals surface area (Å²) in [5, 5.41) is 17.3. The molecule has 0 bridgehead atoms. The Labute approximate surface area is 89.7 Å². The minimum Gasteiger partial charge on any atom is -0.450 e. The van der Waals surface area contributed by atoms with Gasteiger partial charge in [0.1, 0.15) is 6.73 Å². The van der Waals surface area contributed by atoms with Crippen LogP contribution in [-0.2, 0) is 4.74 Å². The van der Waals surface area contributed by atoms with E-state index in [9.17, 15) is 4.79 Å². The maximum atomic E-state index is 9.94. The maximum Gasteiger partial charge on any atom is 0.507 e. The highest BCUT2D eigenvalue weighted by molar-refractivity contribution is 5.56. The Hall–Kier alpha value is -1.11. The van der Waals surface area contributed by atoms with E-state index in [1.165, 1.54) is 0 Å². The quantitative estimate of drug-likeness (QED) is 0.172. The van der Waals surface area contributed by atoms with Crippen LogP contribution in [0.4, 0.5) is 4.79 Å². The number of nitrogens with one attached hydrogen (secondary N) is 3. The molecule has 6 nitrogen and oxygen atoms in total. The molecule has 0 spiro atoms. The van der Waals surface area contributed by atoms with Gasteiger partial charge in [0.05, 0.1) is 0 Å². The maximum absolute atomic E-state index is 9.94. The van der Waals surface area contributed by atoms with Gasteiger partial charge in [0, 0.05) is 32.7 Å². The molecule has 0 aromatic carbocycles. The van der Waals surface area contributed by atoms with Gasteiger partial charge in [0.25, 0.3) is 0 Å². The molecule has 6 heteroatoms. The molecule has 4 N–H and O–H groups in total. The van der Waals surface area contributed by atoms with Gasteiger partial charge in [0.15, 0.2) is 0 Å². The predicted octanol–water partition coefficient (Wildman–Crippen LogP) is -0.407. The second kappa shape index (κ2) is 11.0. The monoisotopic (exact) mass is 217 g/mol. The summed E-state index contributed by atoms with van der Waals surface area (Å²) in [4.78, 5) is 9.94. The topological polar surface area (TPSA) is 82.6 Å². The summed E-state index contributed by atoms with van der Waals surface area (Å²) in [5.74, 6) is 0. The van der Waals surface area contributed by atoms with Gasteiger partial charge in [0.2, 0.25) is 0 Å². The second-order valence-electron chi connectivity index (χ2n) is 2.80. The van der Waals surface area contributed by atoms with E-state index in [2.05, 4.69) is 27.3 Å². The Morgan fingerprint density at radius 2 is 1.80 bits per heavy atom. The lowest BCUT2D eigenvalue weighted by Crippen LogP contribution is -2.33. The lowest BCUT2D eigenvalue weighted by molar-refractivity contribution is 0.0846. The van der Waals surface area contributed by atoms with Crippen LogP contribution in [-0.4, -0.2) is 50.7 Å². The number of rotatable bonds is 10. The molecule has 0 atom stereocenters. The van der Waals surface area contributed by atoms with Gasteiger partial charge in [-0.25, -0.2) is 4.79 Å². The number of ether oxygens (including phenoxy) is 1. The van der Waals surface area contributed by atoms with E-state index in [0.29, 0.717) is 6.54 Å². The molecular weight excluding hydrogens is 198 g/mol. The standard InChI is InChI=1S/C9H19N3O3/c1-2-3-10-4-5-11-6-7-12-8-15-9(13)14/h2,10-12H,1,3-8H2,(H,13,14). The molecule has 0 aliphatic rings. The van der Waals surface area contributed by atoms with Crippen molar-refractivity contribution in [3.05, 3.63) is 12.7 Å². The molecule has 0 rings (SSSR count). The van der Waals surface area contributed by atoms with Crippen LogP contribution in [0, 0.1) is 0 Å². The fourth-order valence-corrected chi connectivity index (χ4v) is 0.868. The molecule has 0 aliphatic heterocycles. The molecule has 0 fully saturated rings. The van der Waals surface area contributed by atoms with Crippen LogP contribution in [0.15, 0.2) is 12.7 Å². The van der Waals surface area contributed by atoms with Gasteiger partial charge in [-0.2, -0.15) is 0 Å². The van der Waals surface area contributed by atoms with Gasteiger partial charge < -0.3 is 20.5 Å². The van der Waals surface area contributed by atoms with Crippen molar-refractivity contribution in [2.24, 2.45) is 0 Å². The third-order valence-electron chi connectivity index (χ3n) is 1.54. The fourth-order valence-electron chi connectivity index (χ4n) is 0.868. The van der Waals surface area contributed by atoms with Gasteiger partial charge in [-0.05, 0) is 0 Å². The first kappa shape index (κ1) is 13.9. The number of hydrogen-bond donors (Lipinski definition) is 4. The van der Waals surface area contributed by atoms with Crippen molar-refractivity contribution in [3.8, 4) is 0 Å². The molecule has 88 valence electrons. The Morgan fingerprint density at radius 1 is 1.20 bits per heavy atom. The minimum atomic E-state index is -1.26. The van der Waals surface area contributed by atoms with Crippen LogP contribution in [0.25, 0.3) is 0 Å². The molecule has 0 amide bonds. The van der Waals surface area contributed by atoms with Crippen molar-refractivity contribution in [1.29, 1.82) is 0 Å². The Balaban J connectivity index is 2.92. The summed E-state index contributed by atoms with van der Waals surface area (Å²) in [6.45, 7) is 7.64. The molecular formula is C9H19N3O3. The van der Waals surface area contributed by atoms with Gasteiger partial charge in [-0.3, -0.25) is 5.32 Å². The van der Waals surface area contributed by atoms with Crippen LogP contribution in [0.5, 0.6) is 0 Å². The zero-order valence-corrected chi connectivity index (χ0v) is 8.79. The molecule has 0 unspecified atom stereocenters. The summed E-state index contributed by atoms with van der Waals surface area (Å²) < 4.78 is 4.26. The van der Waals surface area contributed by atoms with E-state index >= 15 is 0 Å². The molecule has 0 aromatic rings. The zero-order valence-electron chi connectivity index (χ0n) is 8.79. The second-order valence-corrected chi connectivity index (χ2v) is 2.80. The van der Waals surface area contributed by atoms with Crippen LogP contribution in [0.1, 0.15) is 0 Å². The SMILES string of the molecule is C=CCNCCNCCNCOC(=O)O. The van der Waals surface area contributed by atoms with Crippen molar-refractivity contribution in [2.75, 3.05) is 39.5 Å². The van der Waals surface area contributed by atoms with Crippen molar-refractivity contribution in [1.82, 2.24) is 16.0 Å². The van der Waals surface area contributed by atoms with Crippen LogP contribution in [0.2, 0.25) is 0 Å². The van der Waals surface area contributed by atoms with Gasteiger partial charge in [-0.1, -0.05) is 6.08 Å². The summed E-state index contributed by atoms with van der Waals surface area (Å²) >= 11 is 0. The number of hydrogen-bond acceptors (Lipinski definition) is 5. The lowest BCUT2D eigenvalue weighted by Gasteiger charge is -2.06. The van der Waals surface area contributed by atoms with E-state index in [-0.39, 0.29) is 6.73 Å². The third-order valence-corrected chi connectivity index (χ3v) is 1.54. The molecule has 0 aliphatic carbocycles. The molecule has 0 radical (unpaired) electrons. The Morgan fingerprint density at radius 3 is 2.40 bits per heavy atom. The molecule has 0 saturated heterocycles. The van der Waals surface area contributed by atoms with Gasteiger partial charge in [-0.15, -0.1) is 6.58 Å². The first-order chi connectivity index (χ1) is 7.27. The fraction of sp³-hybridized carbons (Fsp3) is 0.667. The Kier molecular flexibility index (Phi) is 10.2. The first-order valence-electron chi connectivity index (χ1n) is 4.86. The molecule has 15 heavy (non-hydrogen) atoms. The highest BCUT2D eigenvalue weighted by Crippen LogP contribution is 1.70. The number of carboxylic acid groups (broad SMARTS) is 1. The first-order valence-corrected chi connectivity index (χ1v) is 4.86. The third kappa shape index (κ3) is 12.9. The average molecular weight is 217 g/mol. The Bertz CT molecular complexity index is 176. The average Bonchev–Trinajstić information content (AvgIpc) is 2.20. The van der Waals surface area contributed by atoms with Crippen molar-refractivity contribution >= 4 is 6.16 Å².